The molecule has 110 valence electrons. The third kappa shape index (κ3) is 3.22. The Balaban J connectivity index is 1.96. The van der Waals surface area contributed by atoms with E-state index in [0.717, 1.165) is 16.9 Å². The Kier molecular flexibility index (Phi) is 4.49. The van der Waals surface area contributed by atoms with Gasteiger partial charge < -0.3 is 20.5 Å². The van der Waals surface area contributed by atoms with Crippen LogP contribution in [-0.2, 0) is 0 Å². The number of hydrogen-bond donors (Lipinski definition) is 3. The molecule has 0 aliphatic carbocycles. The molecule has 1 aliphatic rings. The van der Waals surface area contributed by atoms with Gasteiger partial charge in [0, 0.05) is 18.2 Å². The smallest absolute Gasteiger partial charge is 0.315 e. The summed E-state index contributed by atoms with van der Waals surface area (Å²) in [5, 5.41) is 14.8. The molecule has 0 radical (unpaired) electrons. The van der Waals surface area contributed by atoms with Gasteiger partial charge in [-0.3, -0.25) is 0 Å². The standard InChI is InChI=1S/C15H22N2O3/c1-9-4-5-14-12(6-9)13(8-20-14)17-15(19)16-11(3)10(2)7-18/h4-6,10-11,13,18H,7-8H2,1-3H3,(H2,16,17,19). The summed E-state index contributed by atoms with van der Waals surface area (Å²) in [6.45, 7) is 6.29. The highest BCUT2D eigenvalue weighted by Gasteiger charge is 2.26. The molecule has 0 aromatic heterocycles. The van der Waals surface area contributed by atoms with E-state index in [1.807, 2.05) is 39.0 Å². The molecule has 0 saturated carbocycles. The molecule has 2 amide bonds. The van der Waals surface area contributed by atoms with Crippen molar-refractivity contribution in [2.75, 3.05) is 13.2 Å². The number of amides is 2. The summed E-state index contributed by atoms with van der Waals surface area (Å²) in [6, 6.07) is 5.52. The van der Waals surface area contributed by atoms with Crippen LogP contribution in [0.3, 0.4) is 0 Å². The summed E-state index contributed by atoms with van der Waals surface area (Å²) >= 11 is 0. The predicted molar refractivity (Wildman–Crippen MR) is 76.8 cm³/mol. The first-order valence-corrected chi connectivity index (χ1v) is 6.92. The van der Waals surface area contributed by atoms with E-state index in [1.54, 1.807) is 0 Å². The minimum Gasteiger partial charge on any atom is -0.491 e. The number of ether oxygens (including phenoxy) is 1. The van der Waals surface area contributed by atoms with Crippen LogP contribution in [0.15, 0.2) is 18.2 Å². The van der Waals surface area contributed by atoms with Gasteiger partial charge in [-0.25, -0.2) is 4.79 Å². The lowest BCUT2D eigenvalue weighted by atomic mass is 10.1. The van der Waals surface area contributed by atoms with Crippen molar-refractivity contribution in [2.45, 2.75) is 32.9 Å². The zero-order valence-electron chi connectivity index (χ0n) is 12.1. The third-order valence-electron chi connectivity index (χ3n) is 3.75. The van der Waals surface area contributed by atoms with Gasteiger partial charge in [0.15, 0.2) is 0 Å². The van der Waals surface area contributed by atoms with Crippen LogP contribution in [0.5, 0.6) is 5.75 Å². The molecule has 0 spiro atoms. The van der Waals surface area contributed by atoms with E-state index in [4.69, 9.17) is 9.84 Å². The molecular formula is C15H22N2O3. The average molecular weight is 278 g/mol. The van der Waals surface area contributed by atoms with Crippen LogP contribution < -0.4 is 15.4 Å². The average Bonchev–Trinajstić information content (AvgIpc) is 2.80. The second kappa shape index (κ2) is 6.13. The predicted octanol–water partition coefficient (Wildman–Crippen LogP) is 1.74. The van der Waals surface area contributed by atoms with Crippen LogP contribution in [-0.4, -0.2) is 30.4 Å². The number of nitrogens with one attached hydrogen (secondary N) is 2. The van der Waals surface area contributed by atoms with Crippen molar-refractivity contribution in [2.24, 2.45) is 5.92 Å². The van der Waals surface area contributed by atoms with Crippen molar-refractivity contribution in [1.82, 2.24) is 10.6 Å². The molecule has 0 fully saturated rings. The number of hydrogen-bond acceptors (Lipinski definition) is 3. The van der Waals surface area contributed by atoms with Gasteiger partial charge in [0.25, 0.3) is 0 Å². The maximum atomic E-state index is 12.0. The highest BCUT2D eigenvalue weighted by molar-refractivity contribution is 5.75. The van der Waals surface area contributed by atoms with Crippen molar-refractivity contribution >= 4 is 6.03 Å². The minimum atomic E-state index is -0.235. The number of aryl methyl sites for hydroxylation is 1. The van der Waals surface area contributed by atoms with E-state index in [1.165, 1.54) is 0 Å². The van der Waals surface area contributed by atoms with E-state index in [2.05, 4.69) is 10.6 Å². The van der Waals surface area contributed by atoms with Crippen LogP contribution in [0.25, 0.3) is 0 Å². The molecule has 1 aromatic rings. The Morgan fingerprint density at radius 3 is 2.95 bits per heavy atom. The van der Waals surface area contributed by atoms with E-state index in [-0.39, 0.29) is 30.6 Å². The zero-order chi connectivity index (χ0) is 14.7. The number of carbonyl (C=O) groups is 1. The van der Waals surface area contributed by atoms with Crippen molar-refractivity contribution in [1.29, 1.82) is 0 Å². The summed E-state index contributed by atoms with van der Waals surface area (Å²) in [4.78, 5) is 12.0. The van der Waals surface area contributed by atoms with Crippen molar-refractivity contribution in [3.63, 3.8) is 0 Å². The van der Waals surface area contributed by atoms with Gasteiger partial charge in [0.05, 0.1) is 6.04 Å². The van der Waals surface area contributed by atoms with Gasteiger partial charge in [-0.05, 0) is 25.8 Å². The molecule has 0 bridgehead atoms. The summed E-state index contributed by atoms with van der Waals surface area (Å²) in [5.74, 6) is 0.854. The molecule has 1 aliphatic heterocycles. The Bertz CT molecular complexity index is 490. The Labute approximate surface area is 119 Å². The maximum Gasteiger partial charge on any atom is 0.315 e. The summed E-state index contributed by atoms with van der Waals surface area (Å²) in [5.41, 5.74) is 2.16. The molecule has 1 aromatic carbocycles. The van der Waals surface area contributed by atoms with Crippen LogP contribution in [0.2, 0.25) is 0 Å². The first-order valence-electron chi connectivity index (χ1n) is 6.92. The zero-order valence-corrected chi connectivity index (χ0v) is 12.1. The highest BCUT2D eigenvalue weighted by atomic mass is 16.5. The first-order chi connectivity index (χ1) is 9.51. The fourth-order valence-corrected chi connectivity index (χ4v) is 2.16. The molecule has 0 saturated heterocycles. The largest absolute Gasteiger partial charge is 0.491 e. The fourth-order valence-electron chi connectivity index (χ4n) is 2.16. The van der Waals surface area contributed by atoms with E-state index < -0.39 is 0 Å². The van der Waals surface area contributed by atoms with Gasteiger partial charge in [0.2, 0.25) is 0 Å². The second-order valence-electron chi connectivity index (χ2n) is 5.47. The number of rotatable bonds is 4. The first kappa shape index (κ1) is 14.7. The number of aliphatic hydroxyl groups is 1. The molecule has 2 rings (SSSR count). The van der Waals surface area contributed by atoms with Gasteiger partial charge in [0.1, 0.15) is 12.4 Å². The van der Waals surface area contributed by atoms with E-state index in [0.29, 0.717) is 6.61 Å². The molecule has 3 unspecified atom stereocenters. The number of carbonyl (C=O) groups excluding carboxylic acids is 1. The number of fused-ring (bicyclic) bond motifs is 1. The van der Waals surface area contributed by atoms with Crippen LogP contribution in [0.4, 0.5) is 4.79 Å². The summed E-state index contributed by atoms with van der Waals surface area (Å²) in [6.07, 6.45) is 0. The van der Waals surface area contributed by atoms with Gasteiger partial charge in [-0.1, -0.05) is 24.6 Å². The van der Waals surface area contributed by atoms with Gasteiger partial charge in [-0.15, -0.1) is 0 Å². The fraction of sp³-hybridized carbons (Fsp3) is 0.533. The van der Waals surface area contributed by atoms with Crippen molar-refractivity contribution < 1.29 is 14.6 Å². The summed E-state index contributed by atoms with van der Waals surface area (Å²) in [7, 11) is 0. The lowest BCUT2D eigenvalue weighted by Crippen LogP contribution is -2.45. The molecule has 20 heavy (non-hydrogen) atoms. The summed E-state index contributed by atoms with van der Waals surface area (Å²) < 4.78 is 5.56. The molecule has 3 N–H and O–H groups in total. The van der Waals surface area contributed by atoms with Crippen LogP contribution in [0.1, 0.15) is 31.0 Å². The molecule has 1 heterocycles. The monoisotopic (exact) mass is 278 g/mol. The Morgan fingerprint density at radius 2 is 2.25 bits per heavy atom. The lowest BCUT2D eigenvalue weighted by molar-refractivity contribution is 0.197. The SMILES string of the molecule is Cc1ccc2c(c1)C(NC(=O)NC(C)C(C)CO)CO2. The van der Waals surface area contributed by atoms with Crippen LogP contribution in [0, 0.1) is 12.8 Å². The number of urea groups is 1. The quantitative estimate of drug-likeness (QED) is 0.785. The molecule has 5 heteroatoms. The number of benzene rings is 1. The highest BCUT2D eigenvalue weighted by Crippen LogP contribution is 2.32. The van der Waals surface area contributed by atoms with Crippen molar-refractivity contribution in [3.05, 3.63) is 29.3 Å². The topological polar surface area (TPSA) is 70.6 Å². The third-order valence-corrected chi connectivity index (χ3v) is 3.75. The van der Waals surface area contributed by atoms with Gasteiger partial charge >= 0.3 is 6.03 Å². The second-order valence-corrected chi connectivity index (χ2v) is 5.47. The molecular weight excluding hydrogens is 256 g/mol. The number of aliphatic hydroxyl groups excluding tert-OH is 1. The Morgan fingerprint density at radius 1 is 1.50 bits per heavy atom. The molecule has 3 atom stereocenters. The Hall–Kier alpha value is -1.75. The maximum absolute atomic E-state index is 12.0. The minimum absolute atomic E-state index is 0.0232. The molecule has 5 nitrogen and oxygen atoms in total. The van der Waals surface area contributed by atoms with Crippen molar-refractivity contribution in [3.8, 4) is 5.75 Å². The van der Waals surface area contributed by atoms with E-state index in [9.17, 15) is 4.79 Å². The van der Waals surface area contributed by atoms with Gasteiger partial charge in [-0.2, -0.15) is 0 Å². The van der Waals surface area contributed by atoms with E-state index >= 15 is 0 Å². The van der Waals surface area contributed by atoms with Crippen LogP contribution >= 0.6 is 0 Å². The lowest BCUT2D eigenvalue weighted by Gasteiger charge is -2.21. The normalized spacial score (nSPS) is 19.7.